The molecule has 0 saturated carbocycles. The second kappa shape index (κ2) is 8.66. The number of ether oxygens (including phenoxy) is 1. The lowest BCUT2D eigenvalue weighted by atomic mass is 9.94. The molecule has 2 atom stereocenters. The van der Waals surface area contributed by atoms with Crippen molar-refractivity contribution >= 4 is 24.5 Å². The SMILES string of the molecule is CC(C)(C)OC(=O)CC1CCCCCCC(CS)NC1=O. The smallest absolute Gasteiger partial charge is 0.307 e. The summed E-state index contributed by atoms with van der Waals surface area (Å²) < 4.78 is 5.34. The van der Waals surface area contributed by atoms with Gasteiger partial charge in [0.2, 0.25) is 5.91 Å². The summed E-state index contributed by atoms with van der Waals surface area (Å²) in [6, 6.07) is 0.111. The Balaban J connectivity index is 2.62. The predicted octanol–water partition coefficient (Wildman–Crippen LogP) is 3.10. The van der Waals surface area contributed by atoms with Crippen molar-refractivity contribution in [2.24, 2.45) is 5.92 Å². The molecule has 1 rings (SSSR count). The van der Waals surface area contributed by atoms with Crippen LogP contribution in [0.1, 0.15) is 65.7 Å². The zero-order valence-electron chi connectivity index (χ0n) is 13.5. The monoisotopic (exact) mass is 315 g/mol. The molecule has 2 unspecified atom stereocenters. The minimum absolute atomic E-state index is 0.0261. The van der Waals surface area contributed by atoms with Crippen LogP contribution in [0.2, 0.25) is 0 Å². The van der Waals surface area contributed by atoms with E-state index in [2.05, 4.69) is 17.9 Å². The van der Waals surface area contributed by atoms with Crippen LogP contribution in [0, 0.1) is 5.92 Å². The molecule has 0 radical (unpaired) electrons. The molecule has 1 amide bonds. The van der Waals surface area contributed by atoms with Gasteiger partial charge in [0, 0.05) is 17.7 Å². The van der Waals surface area contributed by atoms with Gasteiger partial charge in [0.1, 0.15) is 5.60 Å². The van der Waals surface area contributed by atoms with Crippen LogP contribution in [0.3, 0.4) is 0 Å². The third-order valence-corrected chi connectivity index (χ3v) is 4.07. The number of esters is 1. The van der Waals surface area contributed by atoms with E-state index in [0.717, 1.165) is 32.1 Å². The van der Waals surface area contributed by atoms with Crippen molar-refractivity contribution in [3.05, 3.63) is 0 Å². The molecule has 1 heterocycles. The first-order valence-corrected chi connectivity index (χ1v) is 8.58. The normalized spacial score (nSPS) is 25.0. The predicted molar refractivity (Wildman–Crippen MR) is 87.4 cm³/mol. The van der Waals surface area contributed by atoms with Crippen molar-refractivity contribution in [2.45, 2.75) is 77.4 Å². The molecule has 0 aromatic heterocycles. The summed E-state index contributed by atoms with van der Waals surface area (Å²) in [5, 5.41) is 3.03. The maximum Gasteiger partial charge on any atom is 0.307 e. The number of thiol groups is 1. The molecule has 0 aromatic carbocycles. The number of amides is 1. The fourth-order valence-electron chi connectivity index (χ4n) is 2.57. The maximum atomic E-state index is 12.3. The molecule has 21 heavy (non-hydrogen) atoms. The number of carbonyl (C=O) groups is 2. The van der Waals surface area contributed by atoms with Crippen molar-refractivity contribution in [3.8, 4) is 0 Å². The summed E-state index contributed by atoms with van der Waals surface area (Å²) in [4.78, 5) is 24.3. The zero-order chi connectivity index (χ0) is 15.9. The largest absolute Gasteiger partial charge is 0.460 e. The summed E-state index contributed by atoms with van der Waals surface area (Å²) in [5.74, 6) is 0.0505. The van der Waals surface area contributed by atoms with Crippen LogP contribution in [0.4, 0.5) is 0 Å². The van der Waals surface area contributed by atoms with Crippen molar-refractivity contribution < 1.29 is 14.3 Å². The minimum atomic E-state index is -0.503. The summed E-state index contributed by atoms with van der Waals surface area (Å²) in [6.45, 7) is 5.53. The highest BCUT2D eigenvalue weighted by Crippen LogP contribution is 2.20. The molecular formula is C16H29NO3S. The van der Waals surface area contributed by atoms with Gasteiger partial charge in [-0.25, -0.2) is 0 Å². The van der Waals surface area contributed by atoms with Crippen LogP contribution in [-0.2, 0) is 14.3 Å². The third kappa shape index (κ3) is 7.74. The Morgan fingerprint density at radius 3 is 2.43 bits per heavy atom. The van der Waals surface area contributed by atoms with Crippen LogP contribution < -0.4 is 5.32 Å². The van der Waals surface area contributed by atoms with E-state index in [9.17, 15) is 9.59 Å². The van der Waals surface area contributed by atoms with Gasteiger partial charge in [0.25, 0.3) is 0 Å². The van der Waals surface area contributed by atoms with E-state index in [1.807, 2.05) is 20.8 Å². The first-order chi connectivity index (χ1) is 9.81. The number of rotatable bonds is 3. The quantitative estimate of drug-likeness (QED) is 0.621. The van der Waals surface area contributed by atoms with Gasteiger partial charge in [-0.3, -0.25) is 9.59 Å². The molecule has 1 aliphatic heterocycles. The van der Waals surface area contributed by atoms with Crippen LogP contribution >= 0.6 is 12.6 Å². The molecule has 1 N–H and O–H groups in total. The second-order valence-corrected chi connectivity index (χ2v) is 7.23. The van der Waals surface area contributed by atoms with Gasteiger partial charge in [-0.1, -0.05) is 25.7 Å². The van der Waals surface area contributed by atoms with E-state index >= 15 is 0 Å². The first kappa shape index (κ1) is 18.3. The summed E-state index contributed by atoms with van der Waals surface area (Å²) >= 11 is 4.30. The zero-order valence-corrected chi connectivity index (χ0v) is 14.4. The first-order valence-electron chi connectivity index (χ1n) is 7.95. The summed E-state index contributed by atoms with van der Waals surface area (Å²) in [5.41, 5.74) is -0.503. The Bertz CT molecular complexity index is 352. The molecular weight excluding hydrogens is 286 g/mol. The van der Waals surface area contributed by atoms with Gasteiger partial charge in [-0.2, -0.15) is 12.6 Å². The van der Waals surface area contributed by atoms with Crippen molar-refractivity contribution in [1.82, 2.24) is 5.32 Å². The Morgan fingerprint density at radius 2 is 1.86 bits per heavy atom. The highest BCUT2D eigenvalue weighted by Gasteiger charge is 2.26. The number of hydrogen-bond acceptors (Lipinski definition) is 4. The van der Waals surface area contributed by atoms with Gasteiger partial charge < -0.3 is 10.1 Å². The molecule has 0 aliphatic carbocycles. The summed E-state index contributed by atoms with van der Waals surface area (Å²) in [6.07, 6.45) is 6.31. The van der Waals surface area contributed by atoms with Gasteiger partial charge in [-0.05, 0) is 33.6 Å². The lowest BCUT2D eigenvalue weighted by Gasteiger charge is -2.25. The molecule has 5 heteroatoms. The van der Waals surface area contributed by atoms with Crippen LogP contribution in [-0.4, -0.2) is 29.3 Å². The van der Waals surface area contributed by atoms with E-state index in [4.69, 9.17) is 4.74 Å². The summed E-state index contributed by atoms with van der Waals surface area (Å²) in [7, 11) is 0. The molecule has 4 nitrogen and oxygen atoms in total. The highest BCUT2D eigenvalue weighted by atomic mass is 32.1. The standard InChI is InChI=1S/C16H29NO3S/c1-16(2,3)20-14(18)10-12-8-6-4-5-7-9-13(11-21)17-15(12)19/h12-13,21H,4-11H2,1-3H3,(H,17,19). The lowest BCUT2D eigenvalue weighted by molar-refractivity contribution is -0.157. The van der Waals surface area contributed by atoms with Gasteiger partial charge in [0.05, 0.1) is 6.42 Å². The number of nitrogens with one attached hydrogen (secondary N) is 1. The van der Waals surface area contributed by atoms with E-state index in [1.54, 1.807) is 0 Å². The van der Waals surface area contributed by atoms with Gasteiger partial charge in [-0.15, -0.1) is 0 Å². The van der Waals surface area contributed by atoms with Crippen LogP contribution in [0.25, 0.3) is 0 Å². The number of carbonyl (C=O) groups excluding carboxylic acids is 2. The fraction of sp³-hybridized carbons (Fsp3) is 0.875. The van der Waals surface area contributed by atoms with Crippen molar-refractivity contribution in [1.29, 1.82) is 0 Å². The minimum Gasteiger partial charge on any atom is -0.460 e. The van der Waals surface area contributed by atoms with E-state index in [-0.39, 0.29) is 30.3 Å². The third-order valence-electron chi connectivity index (χ3n) is 3.63. The Hall–Kier alpha value is -0.710. The van der Waals surface area contributed by atoms with E-state index in [0.29, 0.717) is 5.75 Å². The van der Waals surface area contributed by atoms with Gasteiger partial charge in [0.15, 0.2) is 0 Å². The Kier molecular flexibility index (Phi) is 7.57. The van der Waals surface area contributed by atoms with E-state index in [1.165, 1.54) is 6.42 Å². The molecule has 1 fully saturated rings. The average molecular weight is 315 g/mol. The van der Waals surface area contributed by atoms with E-state index < -0.39 is 5.60 Å². The van der Waals surface area contributed by atoms with Crippen molar-refractivity contribution in [3.63, 3.8) is 0 Å². The van der Waals surface area contributed by atoms with Crippen LogP contribution in [0.5, 0.6) is 0 Å². The van der Waals surface area contributed by atoms with Crippen LogP contribution in [0.15, 0.2) is 0 Å². The molecule has 0 bridgehead atoms. The second-order valence-electron chi connectivity index (χ2n) is 6.87. The van der Waals surface area contributed by atoms with Gasteiger partial charge >= 0.3 is 5.97 Å². The highest BCUT2D eigenvalue weighted by molar-refractivity contribution is 7.80. The topological polar surface area (TPSA) is 55.4 Å². The Labute approximate surface area is 133 Å². The fourth-order valence-corrected chi connectivity index (χ4v) is 2.85. The average Bonchev–Trinajstić information content (AvgIpc) is 2.37. The molecule has 122 valence electrons. The molecule has 0 aromatic rings. The molecule has 0 spiro atoms. The molecule has 1 aliphatic rings. The Morgan fingerprint density at radius 1 is 1.24 bits per heavy atom. The molecule has 1 saturated heterocycles. The maximum absolute atomic E-state index is 12.3. The van der Waals surface area contributed by atoms with Crippen molar-refractivity contribution in [2.75, 3.05) is 5.75 Å². The lowest BCUT2D eigenvalue weighted by Crippen LogP contribution is -2.41. The number of hydrogen-bond donors (Lipinski definition) is 2.